The molecule has 5 heteroatoms. The molecule has 2 aromatic carbocycles. The van der Waals surface area contributed by atoms with Gasteiger partial charge in [-0.15, -0.1) is 0 Å². The van der Waals surface area contributed by atoms with Crippen LogP contribution in [0.3, 0.4) is 0 Å². The van der Waals surface area contributed by atoms with Gasteiger partial charge in [-0.3, -0.25) is 14.5 Å². The number of ketones is 1. The van der Waals surface area contributed by atoms with Gasteiger partial charge in [0.05, 0.1) is 6.54 Å². The first-order valence-electron chi connectivity index (χ1n) is 12.6. The molecule has 4 aliphatic carbocycles. The molecule has 7 rings (SSSR count). The standard InChI is InChI=1S/C29H32N2O3/c1-18-8-9-24(10-19(18)2)29(23-6-4-3-5-7-23)26(33)31(27(34)30-29)17-25(32)28-14-20-11-21(15-28)13-22(12-20)16-28/h3-10,20-22H,11-17H2,1-2H3,(H,30,34). The maximum Gasteiger partial charge on any atom is 0.325 e. The summed E-state index contributed by atoms with van der Waals surface area (Å²) in [6.45, 7) is 3.91. The number of rotatable bonds is 5. The minimum Gasteiger partial charge on any atom is -0.315 e. The normalized spacial score (nSPS) is 33.9. The summed E-state index contributed by atoms with van der Waals surface area (Å²) in [6, 6.07) is 14.8. The number of nitrogens with one attached hydrogen (secondary N) is 1. The van der Waals surface area contributed by atoms with E-state index in [1.165, 1.54) is 24.2 Å². The van der Waals surface area contributed by atoms with E-state index in [1.807, 2.05) is 62.4 Å². The van der Waals surface area contributed by atoms with E-state index in [1.54, 1.807) is 0 Å². The molecule has 0 radical (unpaired) electrons. The van der Waals surface area contributed by atoms with Crippen molar-refractivity contribution in [1.82, 2.24) is 10.2 Å². The summed E-state index contributed by atoms with van der Waals surface area (Å²) in [6.07, 6.45) is 6.55. The molecule has 5 aliphatic rings. The maximum absolute atomic E-state index is 14.1. The molecule has 0 spiro atoms. The molecule has 3 amide bonds. The highest BCUT2D eigenvalue weighted by Crippen LogP contribution is 2.60. The van der Waals surface area contributed by atoms with Crippen LogP contribution in [-0.2, 0) is 15.1 Å². The number of hydrogen-bond acceptors (Lipinski definition) is 3. The van der Waals surface area contributed by atoms with E-state index in [-0.39, 0.29) is 23.7 Å². The Morgan fingerprint density at radius 1 is 0.882 bits per heavy atom. The van der Waals surface area contributed by atoms with Gasteiger partial charge in [-0.05, 0) is 92.4 Å². The summed E-state index contributed by atoms with van der Waals surface area (Å²) < 4.78 is 0. The van der Waals surface area contributed by atoms with Gasteiger partial charge >= 0.3 is 6.03 Å². The van der Waals surface area contributed by atoms with Crippen molar-refractivity contribution in [3.05, 3.63) is 70.8 Å². The summed E-state index contributed by atoms with van der Waals surface area (Å²) in [7, 11) is 0. The Morgan fingerprint density at radius 3 is 2.09 bits per heavy atom. The maximum atomic E-state index is 14.1. The Bertz CT molecular complexity index is 1150. The Hall–Kier alpha value is -2.95. The largest absolute Gasteiger partial charge is 0.325 e. The Morgan fingerprint density at radius 2 is 1.50 bits per heavy atom. The zero-order valence-corrected chi connectivity index (χ0v) is 20.0. The lowest BCUT2D eigenvalue weighted by Gasteiger charge is -2.56. The van der Waals surface area contributed by atoms with Crippen LogP contribution in [0.4, 0.5) is 4.79 Å². The van der Waals surface area contributed by atoms with Gasteiger partial charge in [0.2, 0.25) is 0 Å². The minimum atomic E-state index is -1.32. The number of imide groups is 1. The number of urea groups is 1. The Kier molecular flexibility index (Phi) is 4.78. The van der Waals surface area contributed by atoms with Crippen molar-refractivity contribution in [3.8, 4) is 0 Å². The number of carbonyl (C=O) groups is 3. The van der Waals surface area contributed by atoms with Crippen molar-refractivity contribution < 1.29 is 14.4 Å². The van der Waals surface area contributed by atoms with E-state index in [9.17, 15) is 14.4 Å². The number of amides is 3. The first-order chi connectivity index (χ1) is 16.3. The number of nitrogens with zero attached hydrogens (tertiary/aromatic N) is 1. The third-order valence-corrected chi connectivity index (χ3v) is 9.18. The quantitative estimate of drug-likeness (QED) is 0.652. The Balaban J connectivity index is 1.35. The summed E-state index contributed by atoms with van der Waals surface area (Å²) in [4.78, 5) is 42.3. The second-order valence-corrected chi connectivity index (χ2v) is 11.4. The lowest BCUT2D eigenvalue weighted by atomic mass is 9.48. The lowest BCUT2D eigenvalue weighted by molar-refractivity contribution is -0.147. The van der Waals surface area contributed by atoms with Crippen LogP contribution in [0.2, 0.25) is 0 Å². The summed E-state index contributed by atoms with van der Waals surface area (Å²) in [5, 5.41) is 3.01. The fraction of sp³-hybridized carbons (Fsp3) is 0.483. The van der Waals surface area contributed by atoms with E-state index < -0.39 is 11.6 Å². The van der Waals surface area contributed by atoms with Gasteiger partial charge in [-0.1, -0.05) is 48.5 Å². The van der Waals surface area contributed by atoms with Gasteiger partial charge < -0.3 is 5.32 Å². The summed E-state index contributed by atoms with van der Waals surface area (Å²) in [5.74, 6) is 1.64. The smallest absolute Gasteiger partial charge is 0.315 e. The van der Waals surface area contributed by atoms with E-state index in [4.69, 9.17) is 0 Å². The number of carbonyl (C=O) groups excluding carboxylic acids is 3. The van der Waals surface area contributed by atoms with Gasteiger partial charge in [-0.2, -0.15) is 0 Å². The lowest BCUT2D eigenvalue weighted by Crippen LogP contribution is -2.53. The van der Waals surface area contributed by atoms with E-state index >= 15 is 0 Å². The molecule has 1 aliphatic heterocycles. The van der Waals surface area contributed by atoms with Crippen molar-refractivity contribution >= 4 is 17.7 Å². The van der Waals surface area contributed by atoms with Gasteiger partial charge in [0.15, 0.2) is 11.3 Å². The average molecular weight is 457 g/mol. The van der Waals surface area contributed by atoms with Crippen molar-refractivity contribution in [2.75, 3.05) is 6.54 Å². The van der Waals surface area contributed by atoms with Crippen LogP contribution in [0.1, 0.15) is 60.8 Å². The van der Waals surface area contributed by atoms with Crippen molar-refractivity contribution in [2.45, 2.75) is 57.9 Å². The highest BCUT2D eigenvalue weighted by atomic mass is 16.2. The molecule has 4 saturated carbocycles. The fourth-order valence-electron chi connectivity index (χ4n) is 7.70. The number of benzene rings is 2. The third kappa shape index (κ3) is 3.09. The van der Waals surface area contributed by atoms with Crippen LogP contribution in [0, 0.1) is 37.0 Å². The SMILES string of the molecule is Cc1ccc(C2(c3ccccc3)NC(=O)N(CC(=O)C34CC5CC(CC(C5)C3)C4)C2=O)cc1C. The first-order valence-corrected chi connectivity index (χ1v) is 12.6. The minimum absolute atomic E-state index is 0.0825. The van der Waals surface area contributed by atoms with Crippen LogP contribution < -0.4 is 5.32 Å². The molecule has 1 N–H and O–H groups in total. The number of Topliss-reactive ketones (excluding diaryl/α,β-unsaturated/α-hetero) is 1. The number of aryl methyl sites for hydroxylation is 2. The molecule has 1 unspecified atom stereocenters. The van der Waals surface area contributed by atoms with Crippen molar-refractivity contribution in [2.24, 2.45) is 23.2 Å². The zero-order chi connectivity index (χ0) is 23.7. The molecular weight excluding hydrogens is 424 g/mol. The van der Waals surface area contributed by atoms with Gasteiger partial charge in [0.25, 0.3) is 5.91 Å². The molecule has 1 heterocycles. The van der Waals surface area contributed by atoms with Crippen LogP contribution in [0.5, 0.6) is 0 Å². The molecule has 1 saturated heterocycles. The van der Waals surface area contributed by atoms with Crippen LogP contribution in [0.25, 0.3) is 0 Å². The van der Waals surface area contributed by atoms with Crippen LogP contribution in [0.15, 0.2) is 48.5 Å². The number of hydrogen-bond donors (Lipinski definition) is 1. The highest BCUT2D eigenvalue weighted by molar-refractivity contribution is 6.11. The zero-order valence-electron chi connectivity index (χ0n) is 20.0. The molecular formula is C29H32N2O3. The monoisotopic (exact) mass is 456 g/mol. The average Bonchev–Trinajstić information content (AvgIpc) is 3.06. The molecule has 5 fully saturated rings. The van der Waals surface area contributed by atoms with Crippen molar-refractivity contribution in [3.63, 3.8) is 0 Å². The van der Waals surface area contributed by atoms with Crippen LogP contribution in [-0.4, -0.2) is 29.2 Å². The van der Waals surface area contributed by atoms with Crippen LogP contribution >= 0.6 is 0 Å². The molecule has 34 heavy (non-hydrogen) atoms. The Labute approximate surface area is 200 Å². The summed E-state index contributed by atoms with van der Waals surface area (Å²) >= 11 is 0. The summed E-state index contributed by atoms with van der Waals surface area (Å²) in [5.41, 5.74) is 1.95. The first kappa shape index (κ1) is 21.6. The van der Waals surface area contributed by atoms with E-state index in [0.717, 1.165) is 36.0 Å². The van der Waals surface area contributed by atoms with E-state index in [2.05, 4.69) is 5.32 Å². The predicted molar refractivity (Wildman–Crippen MR) is 129 cm³/mol. The highest BCUT2D eigenvalue weighted by Gasteiger charge is 2.58. The van der Waals surface area contributed by atoms with Gasteiger partial charge in [-0.25, -0.2) is 4.79 Å². The van der Waals surface area contributed by atoms with Crippen molar-refractivity contribution in [1.29, 1.82) is 0 Å². The molecule has 176 valence electrons. The molecule has 4 bridgehead atoms. The second kappa shape index (κ2) is 7.53. The molecule has 5 nitrogen and oxygen atoms in total. The molecule has 0 aromatic heterocycles. The van der Waals surface area contributed by atoms with Gasteiger partial charge in [0, 0.05) is 5.41 Å². The second-order valence-electron chi connectivity index (χ2n) is 11.4. The third-order valence-electron chi connectivity index (χ3n) is 9.18. The van der Waals surface area contributed by atoms with E-state index in [0.29, 0.717) is 23.3 Å². The molecule has 1 atom stereocenters. The fourth-order valence-corrected chi connectivity index (χ4v) is 7.70. The van der Waals surface area contributed by atoms with Gasteiger partial charge in [0.1, 0.15) is 0 Å². The molecule has 2 aromatic rings. The topological polar surface area (TPSA) is 66.5 Å². The predicted octanol–water partition coefficient (Wildman–Crippen LogP) is 4.88.